The van der Waals surface area contributed by atoms with Crippen molar-refractivity contribution in [3.63, 3.8) is 0 Å². The molecule has 1 aliphatic rings. The molecule has 2 N–H and O–H groups in total. The number of piperidine rings is 1. The Morgan fingerprint density at radius 2 is 2.10 bits per heavy atom. The minimum atomic E-state index is 0.0427. The van der Waals surface area contributed by atoms with Gasteiger partial charge in [0.05, 0.1) is 18.1 Å². The van der Waals surface area contributed by atoms with Crippen LogP contribution in [0.3, 0.4) is 0 Å². The highest BCUT2D eigenvalue weighted by molar-refractivity contribution is 7.80. The lowest BCUT2D eigenvalue weighted by Gasteiger charge is -2.40. The SMILES string of the molecule is CCC1CCCCN1C(C(N)=S)c1ccc(OC)cc1. The van der Waals surface area contributed by atoms with E-state index in [1.54, 1.807) is 7.11 Å². The molecule has 110 valence electrons. The van der Waals surface area contributed by atoms with E-state index in [-0.39, 0.29) is 6.04 Å². The smallest absolute Gasteiger partial charge is 0.118 e. The van der Waals surface area contributed by atoms with Gasteiger partial charge in [-0.3, -0.25) is 4.90 Å². The summed E-state index contributed by atoms with van der Waals surface area (Å²) in [6.07, 6.45) is 4.93. The van der Waals surface area contributed by atoms with Gasteiger partial charge in [0.15, 0.2) is 0 Å². The fraction of sp³-hybridized carbons (Fsp3) is 0.562. The van der Waals surface area contributed by atoms with Gasteiger partial charge < -0.3 is 10.5 Å². The Morgan fingerprint density at radius 1 is 1.40 bits per heavy atom. The maximum atomic E-state index is 6.05. The Hall–Kier alpha value is -1.13. The molecule has 0 spiro atoms. The Morgan fingerprint density at radius 3 is 2.65 bits per heavy atom. The van der Waals surface area contributed by atoms with E-state index in [4.69, 9.17) is 22.7 Å². The Kier molecular flexibility index (Phi) is 5.38. The van der Waals surface area contributed by atoms with Gasteiger partial charge in [-0.05, 0) is 43.5 Å². The van der Waals surface area contributed by atoms with Crippen molar-refractivity contribution in [2.75, 3.05) is 13.7 Å². The molecule has 1 saturated heterocycles. The zero-order valence-electron chi connectivity index (χ0n) is 12.3. The van der Waals surface area contributed by atoms with Gasteiger partial charge >= 0.3 is 0 Å². The Bertz CT molecular complexity index is 446. The summed E-state index contributed by atoms with van der Waals surface area (Å²) in [6.45, 7) is 3.32. The first-order valence-corrected chi connectivity index (χ1v) is 7.77. The van der Waals surface area contributed by atoms with Crippen LogP contribution in [0.2, 0.25) is 0 Å². The second-order valence-electron chi connectivity index (χ2n) is 5.37. The number of nitrogens with zero attached hydrogens (tertiary/aromatic N) is 1. The second kappa shape index (κ2) is 7.04. The molecular formula is C16H24N2OS. The Balaban J connectivity index is 2.27. The van der Waals surface area contributed by atoms with E-state index in [0.717, 1.165) is 18.7 Å². The first kappa shape index (κ1) is 15.3. The number of methoxy groups -OCH3 is 1. The zero-order valence-corrected chi connectivity index (χ0v) is 13.2. The summed E-state index contributed by atoms with van der Waals surface area (Å²) in [5, 5.41) is 0. The third kappa shape index (κ3) is 3.30. The molecule has 1 aliphatic heterocycles. The van der Waals surface area contributed by atoms with Crippen LogP contribution in [0.15, 0.2) is 24.3 Å². The van der Waals surface area contributed by atoms with Gasteiger partial charge in [0.2, 0.25) is 0 Å². The molecule has 2 unspecified atom stereocenters. The molecular weight excluding hydrogens is 268 g/mol. The van der Waals surface area contributed by atoms with Crippen molar-refractivity contribution in [3.05, 3.63) is 29.8 Å². The molecule has 1 heterocycles. The zero-order chi connectivity index (χ0) is 14.5. The van der Waals surface area contributed by atoms with E-state index < -0.39 is 0 Å². The standard InChI is InChI=1S/C16H24N2OS/c1-3-13-6-4-5-11-18(13)15(16(17)20)12-7-9-14(19-2)10-8-12/h7-10,13,15H,3-6,11H2,1-2H3,(H2,17,20). The van der Waals surface area contributed by atoms with Gasteiger partial charge in [-0.2, -0.15) is 0 Å². The normalized spacial score (nSPS) is 21.4. The lowest BCUT2D eigenvalue weighted by molar-refractivity contribution is 0.122. The lowest BCUT2D eigenvalue weighted by Crippen LogP contribution is -2.45. The molecule has 3 nitrogen and oxygen atoms in total. The van der Waals surface area contributed by atoms with Crippen molar-refractivity contribution in [1.82, 2.24) is 4.90 Å². The third-order valence-electron chi connectivity index (χ3n) is 4.18. The van der Waals surface area contributed by atoms with Crippen LogP contribution in [-0.2, 0) is 0 Å². The van der Waals surface area contributed by atoms with Crippen molar-refractivity contribution < 1.29 is 4.74 Å². The third-order valence-corrected chi connectivity index (χ3v) is 4.40. The van der Waals surface area contributed by atoms with E-state index in [2.05, 4.69) is 24.0 Å². The molecule has 1 fully saturated rings. The fourth-order valence-electron chi connectivity index (χ4n) is 3.11. The highest BCUT2D eigenvalue weighted by atomic mass is 32.1. The summed E-state index contributed by atoms with van der Waals surface area (Å²) < 4.78 is 5.22. The molecule has 4 heteroatoms. The predicted octanol–water partition coefficient (Wildman–Crippen LogP) is 3.29. The largest absolute Gasteiger partial charge is 0.497 e. The summed E-state index contributed by atoms with van der Waals surface area (Å²) in [5.74, 6) is 0.862. The van der Waals surface area contributed by atoms with Gasteiger partial charge in [0.1, 0.15) is 5.75 Å². The van der Waals surface area contributed by atoms with Crippen LogP contribution in [0.4, 0.5) is 0 Å². The molecule has 0 aromatic heterocycles. The lowest BCUT2D eigenvalue weighted by atomic mass is 9.95. The van der Waals surface area contributed by atoms with E-state index in [0.29, 0.717) is 11.0 Å². The van der Waals surface area contributed by atoms with Crippen molar-refractivity contribution in [2.24, 2.45) is 5.73 Å². The second-order valence-corrected chi connectivity index (χ2v) is 5.85. The highest BCUT2D eigenvalue weighted by Gasteiger charge is 2.30. The van der Waals surface area contributed by atoms with Crippen LogP contribution in [0.25, 0.3) is 0 Å². The fourth-order valence-corrected chi connectivity index (χ4v) is 3.38. The van der Waals surface area contributed by atoms with Gasteiger partial charge in [-0.25, -0.2) is 0 Å². The van der Waals surface area contributed by atoms with Crippen LogP contribution in [-0.4, -0.2) is 29.6 Å². The van der Waals surface area contributed by atoms with E-state index in [9.17, 15) is 0 Å². The first-order chi connectivity index (χ1) is 9.67. The van der Waals surface area contributed by atoms with Crippen LogP contribution >= 0.6 is 12.2 Å². The molecule has 2 atom stereocenters. The van der Waals surface area contributed by atoms with Gasteiger partial charge in [0.25, 0.3) is 0 Å². The van der Waals surface area contributed by atoms with Crippen molar-refractivity contribution in [1.29, 1.82) is 0 Å². The maximum absolute atomic E-state index is 6.05. The summed E-state index contributed by atoms with van der Waals surface area (Å²) in [4.78, 5) is 3.05. The minimum absolute atomic E-state index is 0.0427. The maximum Gasteiger partial charge on any atom is 0.118 e. The molecule has 2 rings (SSSR count). The number of hydrogen-bond donors (Lipinski definition) is 1. The van der Waals surface area contributed by atoms with Gasteiger partial charge in [0, 0.05) is 6.04 Å². The molecule has 0 aliphatic carbocycles. The monoisotopic (exact) mass is 292 g/mol. The summed E-state index contributed by atoms with van der Waals surface area (Å²) >= 11 is 5.35. The van der Waals surface area contributed by atoms with E-state index >= 15 is 0 Å². The molecule has 0 bridgehead atoms. The number of rotatable bonds is 5. The molecule has 0 amide bonds. The topological polar surface area (TPSA) is 38.5 Å². The number of hydrogen-bond acceptors (Lipinski definition) is 3. The van der Waals surface area contributed by atoms with E-state index in [1.807, 2.05) is 12.1 Å². The number of benzene rings is 1. The van der Waals surface area contributed by atoms with Crippen molar-refractivity contribution in [3.8, 4) is 5.75 Å². The predicted molar refractivity (Wildman–Crippen MR) is 87.2 cm³/mol. The molecule has 1 aromatic rings. The molecule has 20 heavy (non-hydrogen) atoms. The number of nitrogens with two attached hydrogens (primary N) is 1. The number of thiocarbonyl (C=S) groups is 1. The van der Waals surface area contributed by atoms with Gasteiger partial charge in [-0.1, -0.05) is 37.7 Å². The molecule has 1 aromatic carbocycles. The van der Waals surface area contributed by atoms with Crippen LogP contribution in [0.1, 0.15) is 44.2 Å². The first-order valence-electron chi connectivity index (χ1n) is 7.36. The molecule has 0 radical (unpaired) electrons. The average molecular weight is 292 g/mol. The van der Waals surface area contributed by atoms with Crippen LogP contribution in [0, 0.1) is 0 Å². The van der Waals surface area contributed by atoms with Gasteiger partial charge in [-0.15, -0.1) is 0 Å². The highest BCUT2D eigenvalue weighted by Crippen LogP contribution is 2.31. The summed E-state index contributed by atoms with van der Waals surface area (Å²) in [7, 11) is 1.68. The quantitative estimate of drug-likeness (QED) is 0.845. The minimum Gasteiger partial charge on any atom is -0.497 e. The van der Waals surface area contributed by atoms with Crippen molar-refractivity contribution >= 4 is 17.2 Å². The summed E-state index contributed by atoms with van der Waals surface area (Å²) in [5.41, 5.74) is 7.21. The van der Waals surface area contributed by atoms with Crippen LogP contribution in [0.5, 0.6) is 5.75 Å². The number of ether oxygens (including phenoxy) is 1. The number of likely N-dealkylation sites (tertiary alicyclic amines) is 1. The molecule has 0 saturated carbocycles. The van der Waals surface area contributed by atoms with Crippen LogP contribution < -0.4 is 10.5 Å². The van der Waals surface area contributed by atoms with E-state index in [1.165, 1.54) is 24.8 Å². The summed E-state index contributed by atoms with van der Waals surface area (Å²) in [6, 6.07) is 8.73. The van der Waals surface area contributed by atoms with Crippen molar-refractivity contribution in [2.45, 2.75) is 44.7 Å². The average Bonchev–Trinajstić information content (AvgIpc) is 2.48. The Labute approximate surface area is 127 Å².